The number of ether oxygens (including phenoxy) is 1. The SMILES string of the molecule is COC(=O)C1(NC(=O)CN(Cc2ccccc2C#N)C[C@@H]2CCCN2C(=O)Cc2cnc[nH]2)CC1CSC. The molecular formula is C27H34N6O4S. The van der Waals surface area contributed by atoms with E-state index in [1.165, 1.54) is 7.11 Å². The van der Waals surface area contributed by atoms with Crippen LogP contribution in [-0.4, -0.2) is 87.9 Å². The van der Waals surface area contributed by atoms with Crippen LogP contribution in [0.15, 0.2) is 36.8 Å². The van der Waals surface area contributed by atoms with E-state index in [1.54, 1.807) is 30.4 Å². The van der Waals surface area contributed by atoms with E-state index in [0.29, 0.717) is 31.6 Å². The molecule has 2 N–H and O–H groups in total. The molecule has 10 nitrogen and oxygen atoms in total. The van der Waals surface area contributed by atoms with Crippen LogP contribution in [0, 0.1) is 17.2 Å². The number of carbonyl (C=O) groups is 3. The molecule has 1 aromatic carbocycles. The van der Waals surface area contributed by atoms with Crippen LogP contribution in [0.4, 0.5) is 0 Å². The Bertz CT molecular complexity index is 1180. The van der Waals surface area contributed by atoms with Gasteiger partial charge in [0, 0.05) is 43.5 Å². The largest absolute Gasteiger partial charge is 0.467 e. The molecule has 2 fully saturated rings. The molecule has 2 amide bonds. The summed E-state index contributed by atoms with van der Waals surface area (Å²) in [4.78, 5) is 49.8. The number of esters is 1. The Morgan fingerprint density at radius 1 is 1.37 bits per heavy atom. The van der Waals surface area contributed by atoms with Gasteiger partial charge >= 0.3 is 5.97 Å². The number of benzene rings is 1. The molecule has 1 saturated heterocycles. The van der Waals surface area contributed by atoms with E-state index in [0.717, 1.165) is 29.9 Å². The molecule has 2 unspecified atom stereocenters. The molecule has 4 rings (SSSR count). The zero-order valence-corrected chi connectivity index (χ0v) is 22.6. The van der Waals surface area contributed by atoms with Crippen LogP contribution < -0.4 is 5.32 Å². The van der Waals surface area contributed by atoms with E-state index < -0.39 is 11.5 Å². The van der Waals surface area contributed by atoms with Crippen molar-refractivity contribution in [3.8, 4) is 6.07 Å². The van der Waals surface area contributed by atoms with Crippen molar-refractivity contribution in [2.45, 2.75) is 43.8 Å². The molecule has 2 heterocycles. The third-order valence-electron chi connectivity index (χ3n) is 7.35. The van der Waals surface area contributed by atoms with Crippen LogP contribution in [0.2, 0.25) is 0 Å². The van der Waals surface area contributed by atoms with Gasteiger partial charge in [0.15, 0.2) is 0 Å². The van der Waals surface area contributed by atoms with Crippen LogP contribution in [0.3, 0.4) is 0 Å². The van der Waals surface area contributed by atoms with Crippen molar-refractivity contribution in [1.82, 2.24) is 25.1 Å². The van der Waals surface area contributed by atoms with Gasteiger partial charge in [-0.05, 0) is 42.9 Å². The van der Waals surface area contributed by atoms with E-state index in [4.69, 9.17) is 4.74 Å². The Morgan fingerprint density at radius 3 is 2.89 bits per heavy atom. The van der Waals surface area contributed by atoms with Gasteiger partial charge in [-0.1, -0.05) is 18.2 Å². The summed E-state index contributed by atoms with van der Waals surface area (Å²) in [6.45, 7) is 1.54. The van der Waals surface area contributed by atoms with Crippen molar-refractivity contribution in [2.24, 2.45) is 5.92 Å². The number of H-pyrrole nitrogens is 1. The number of nitriles is 1. The van der Waals surface area contributed by atoms with Crippen molar-refractivity contribution >= 4 is 29.5 Å². The summed E-state index contributed by atoms with van der Waals surface area (Å²) in [5.41, 5.74) is 1.14. The zero-order valence-electron chi connectivity index (χ0n) is 21.8. The second-order valence-electron chi connectivity index (χ2n) is 9.94. The van der Waals surface area contributed by atoms with Gasteiger partial charge in [0.25, 0.3) is 0 Å². The van der Waals surface area contributed by atoms with E-state index in [9.17, 15) is 19.6 Å². The number of aromatic nitrogens is 2. The Hall–Kier alpha value is -3.36. The first-order valence-corrected chi connectivity index (χ1v) is 14.1. The number of hydrogen-bond acceptors (Lipinski definition) is 8. The molecule has 0 bridgehead atoms. The van der Waals surface area contributed by atoms with E-state index in [1.807, 2.05) is 34.3 Å². The normalized spacial score (nSPS) is 22.2. The number of aromatic amines is 1. The zero-order chi connectivity index (χ0) is 27.1. The fourth-order valence-electron chi connectivity index (χ4n) is 5.35. The lowest BCUT2D eigenvalue weighted by Crippen LogP contribution is -2.51. The van der Waals surface area contributed by atoms with Crippen molar-refractivity contribution in [3.63, 3.8) is 0 Å². The summed E-state index contributed by atoms with van der Waals surface area (Å²) >= 11 is 1.63. The minimum atomic E-state index is -0.982. The van der Waals surface area contributed by atoms with Gasteiger partial charge in [-0.15, -0.1) is 0 Å². The fraction of sp³-hybridized carbons (Fsp3) is 0.519. The second kappa shape index (κ2) is 12.5. The number of nitrogens with one attached hydrogen (secondary N) is 2. The van der Waals surface area contributed by atoms with Crippen molar-refractivity contribution in [1.29, 1.82) is 5.26 Å². The predicted octanol–water partition coefficient (Wildman–Crippen LogP) is 1.73. The molecule has 3 atom stereocenters. The number of imidazole rings is 1. The molecule has 11 heteroatoms. The molecule has 0 spiro atoms. The molecular weight excluding hydrogens is 504 g/mol. The van der Waals surface area contributed by atoms with Gasteiger partial charge in [0.1, 0.15) is 5.54 Å². The predicted molar refractivity (Wildman–Crippen MR) is 143 cm³/mol. The molecule has 0 radical (unpaired) electrons. The highest BCUT2D eigenvalue weighted by Gasteiger charge is 2.61. The maximum atomic E-state index is 13.3. The van der Waals surface area contributed by atoms with Gasteiger partial charge in [0.05, 0.1) is 38.0 Å². The van der Waals surface area contributed by atoms with Gasteiger partial charge in [-0.25, -0.2) is 9.78 Å². The molecule has 2 aliphatic rings. The van der Waals surface area contributed by atoms with E-state index >= 15 is 0 Å². The number of nitrogens with zero attached hydrogens (tertiary/aromatic N) is 4. The van der Waals surface area contributed by atoms with E-state index in [2.05, 4.69) is 21.4 Å². The lowest BCUT2D eigenvalue weighted by Gasteiger charge is -2.31. The number of rotatable bonds is 12. The minimum Gasteiger partial charge on any atom is -0.467 e. The first-order valence-electron chi connectivity index (χ1n) is 12.8. The van der Waals surface area contributed by atoms with E-state index in [-0.39, 0.29) is 36.7 Å². The summed E-state index contributed by atoms with van der Waals surface area (Å²) in [7, 11) is 1.34. The van der Waals surface area contributed by atoms with Crippen LogP contribution >= 0.6 is 11.8 Å². The standard InChI is InChI=1S/C27H34N6O4S/c1-37-26(36)27(11-21(27)17-38-2)31-24(34)16-32(14-20-7-4-3-6-19(20)12-28)15-23-8-5-9-33(23)25(35)10-22-13-29-18-30-22/h3-4,6-7,13,18,21,23H,5,8-11,14-17H2,1-2H3,(H,29,30)(H,31,34)/t21?,23-,27?/m0/s1. The van der Waals surface area contributed by atoms with Gasteiger partial charge < -0.3 is 19.9 Å². The molecule has 1 aliphatic carbocycles. The molecule has 202 valence electrons. The number of likely N-dealkylation sites (tertiary alicyclic amines) is 1. The Kier molecular flexibility index (Phi) is 9.07. The van der Waals surface area contributed by atoms with Gasteiger partial charge in [-0.3, -0.25) is 14.5 Å². The number of thioether (sulfide) groups is 1. The maximum absolute atomic E-state index is 13.3. The molecule has 1 aromatic heterocycles. The molecule has 1 aliphatic heterocycles. The highest BCUT2D eigenvalue weighted by atomic mass is 32.2. The maximum Gasteiger partial charge on any atom is 0.331 e. The first kappa shape index (κ1) is 27.7. The third kappa shape index (κ3) is 6.37. The monoisotopic (exact) mass is 538 g/mol. The molecule has 38 heavy (non-hydrogen) atoms. The fourth-order valence-corrected chi connectivity index (χ4v) is 6.16. The quantitative estimate of drug-likeness (QED) is 0.391. The smallest absolute Gasteiger partial charge is 0.331 e. The number of carbonyl (C=O) groups excluding carboxylic acids is 3. The Morgan fingerprint density at radius 2 is 2.18 bits per heavy atom. The Balaban J connectivity index is 1.49. The summed E-state index contributed by atoms with van der Waals surface area (Å²) in [5, 5.41) is 12.6. The number of methoxy groups -OCH3 is 1. The van der Waals surface area contributed by atoms with Crippen molar-refractivity contribution in [2.75, 3.05) is 38.8 Å². The lowest BCUT2D eigenvalue weighted by molar-refractivity contribution is -0.147. The van der Waals surface area contributed by atoms with Crippen LogP contribution in [-0.2, 0) is 32.1 Å². The lowest BCUT2D eigenvalue weighted by atomic mass is 10.1. The highest BCUT2D eigenvalue weighted by molar-refractivity contribution is 7.98. The topological polar surface area (TPSA) is 131 Å². The molecule has 1 saturated carbocycles. The van der Waals surface area contributed by atoms with Crippen molar-refractivity contribution < 1.29 is 19.1 Å². The average Bonchev–Trinajstić information content (AvgIpc) is 3.24. The first-order chi connectivity index (χ1) is 18.4. The van der Waals surface area contributed by atoms with Crippen molar-refractivity contribution in [3.05, 3.63) is 53.6 Å². The molecule has 2 aromatic rings. The summed E-state index contributed by atoms with van der Waals surface area (Å²) in [5.74, 6) is 0.108. The minimum absolute atomic E-state index is 0.0149. The second-order valence-corrected chi connectivity index (χ2v) is 10.9. The summed E-state index contributed by atoms with van der Waals surface area (Å²) in [6.07, 6.45) is 7.69. The highest BCUT2D eigenvalue weighted by Crippen LogP contribution is 2.46. The van der Waals surface area contributed by atoms with Gasteiger partial charge in [-0.2, -0.15) is 17.0 Å². The third-order valence-corrected chi connectivity index (χ3v) is 8.08. The van der Waals surface area contributed by atoms with Crippen LogP contribution in [0.1, 0.15) is 36.1 Å². The Labute approximate surface area is 227 Å². The number of hydrogen-bond donors (Lipinski definition) is 2. The van der Waals surface area contributed by atoms with Gasteiger partial charge in [0.2, 0.25) is 11.8 Å². The summed E-state index contributed by atoms with van der Waals surface area (Å²) < 4.78 is 5.01. The number of amides is 2. The van der Waals surface area contributed by atoms with Crippen LogP contribution in [0.25, 0.3) is 0 Å². The summed E-state index contributed by atoms with van der Waals surface area (Å²) in [6, 6.07) is 9.48. The van der Waals surface area contributed by atoms with Crippen LogP contribution in [0.5, 0.6) is 0 Å². The average molecular weight is 539 g/mol.